The average molecular weight is 218 g/mol. The minimum Gasteiger partial charge on any atom is -0.336 e. The fourth-order valence-corrected chi connectivity index (χ4v) is 1.33. The summed E-state index contributed by atoms with van der Waals surface area (Å²) in [5.74, 6) is 1.57. The summed E-state index contributed by atoms with van der Waals surface area (Å²) in [5, 5.41) is 4.02. The Kier molecular flexibility index (Phi) is 2.80. The predicted octanol–water partition coefficient (Wildman–Crippen LogP) is 0.550. The lowest BCUT2D eigenvalue weighted by atomic mass is 10.4. The van der Waals surface area contributed by atoms with E-state index in [1.54, 1.807) is 23.4 Å². The van der Waals surface area contributed by atoms with Gasteiger partial charge in [-0.3, -0.25) is 4.68 Å². The molecule has 2 aromatic rings. The third-order valence-corrected chi connectivity index (χ3v) is 2.29. The van der Waals surface area contributed by atoms with Crippen molar-refractivity contribution in [1.29, 1.82) is 0 Å². The van der Waals surface area contributed by atoms with E-state index in [9.17, 15) is 0 Å². The van der Waals surface area contributed by atoms with Crippen molar-refractivity contribution in [2.24, 2.45) is 7.05 Å². The summed E-state index contributed by atoms with van der Waals surface area (Å²) in [7, 11) is 3.80. The van der Waals surface area contributed by atoms with Crippen LogP contribution in [0.4, 0.5) is 5.95 Å². The van der Waals surface area contributed by atoms with Gasteiger partial charge in [0.1, 0.15) is 12.2 Å². The second-order valence-electron chi connectivity index (χ2n) is 3.72. The van der Waals surface area contributed by atoms with E-state index in [1.807, 2.05) is 25.9 Å². The predicted molar refractivity (Wildman–Crippen MR) is 59.9 cm³/mol. The normalized spacial score (nSPS) is 10.4. The Hall–Kier alpha value is -1.98. The Labute approximate surface area is 94.0 Å². The number of hydrogen-bond acceptors (Lipinski definition) is 5. The van der Waals surface area contributed by atoms with Crippen molar-refractivity contribution in [2.45, 2.75) is 13.5 Å². The number of anilines is 1. The van der Waals surface area contributed by atoms with E-state index < -0.39 is 0 Å². The molecule has 0 bridgehead atoms. The molecule has 0 radical (unpaired) electrons. The lowest BCUT2D eigenvalue weighted by Crippen LogP contribution is -2.21. The van der Waals surface area contributed by atoms with Crippen molar-refractivity contribution < 1.29 is 0 Å². The molecule has 0 aliphatic carbocycles. The highest BCUT2D eigenvalue weighted by Gasteiger charge is 2.08. The Balaban J connectivity index is 2.11. The first-order chi connectivity index (χ1) is 7.66. The van der Waals surface area contributed by atoms with Crippen molar-refractivity contribution in [3.63, 3.8) is 0 Å². The summed E-state index contributed by atoms with van der Waals surface area (Å²) in [6.45, 7) is 2.60. The zero-order valence-electron chi connectivity index (χ0n) is 9.62. The Morgan fingerprint density at radius 2 is 1.94 bits per heavy atom. The summed E-state index contributed by atoms with van der Waals surface area (Å²) in [6, 6.07) is 0. The quantitative estimate of drug-likeness (QED) is 0.753. The van der Waals surface area contributed by atoms with Crippen LogP contribution in [0, 0.1) is 6.92 Å². The maximum absolute atomic E-state index is 4.25. The lowest BCUT2D eigenvalue weighted by molar-refractivity contribution is 0.682. The van der Waals surface area contributed by atoms with Gasteiger partial charge in [0.2, 0.25) is 5.95 Å². The lowest BCUT2D eigenvalue weighted by Gasteiger charge is -2.15. The number of aryl methyl sites for hydroxylation is 2. The molecule has 0 aliphatic heterocycles. The van der Waals surface area contributed by atoms with Crippen LogP contribution in [0.15, 0.2) is 18.7 Å². The minimum atomic E-state index is 0.638. The molecule has 2 rings (SSSR count). The molecule has 16 heavy (non-hydrogen) atoms. The molecule has 2 heterocycles. The third kappa shape index (κ3) is 2.16. The molecule has 84 valence electrons. The van der Waals surface area contributed by atoms with Crippen molar-refractivity contribution in [3.05, 3.63) is 30.1 Å². The van der Waals surface area contributed by atoms with Gasteiger partial charge in [-0.25, -0.2) is 15.0 Å². The molecule has 0 aromatic carbocycles. The molecule has 0 atom stereocenters. The molecule has 0 N–H and O–H groups in total. The summed E-state index contributed by atoms with van der Waals surface area (Å²) < 4.78 is 1.74. The van der Waals surface area contributed by atoms with Crippen molar-refractivity contribution >= 4 is 5.95 Å². The Morgan fingerprint density at radius 1 is 1.25 bits per heavy atom. The van der Waals surface area contributed by atoms with Gasteiger partial charge in [0.05, 0.1) is 6.54 Å². The Bertz CT molecular complexity index is 460. The van der Waals surface area contributed by atoms with Crippen LogP contribution < -0.4 is 4.90 Å². The maximum atomic E-state index is 4.25. The smallest absolute Gasteiger partial charge is 0.225 e. The molecule has 0 amide bonds. The summed E-state index contributed by atoms with van der Waals surface area (Å²) in [4.78, 5) is 14.6. The van der Waals surface area contributed by atoms with E-state index in [2.05, 4.69) is 20.1 Å². The van der Waals surface area contributed by atoms with Crippen LogP contribution in [0.2, 0.25) is 0 Å². The van der Waals surface area contributed by atoms with Crippen LogP contribution in [0.3, 0.4) is 0 Å². The van der Waals surface area contributed by atoms with Crippen LogP contribution in [0.1, 0.15) is 11.4 Å². The van der Waals surface area contributed by atoms with Crippen LogP contribution >= 0.6 is 0 Å². The standard InChI is InChI=1S/C10H14N6/c1-8-4-11-10(12-5-8)15(2)6-9-13-7-14-16(9)3/h4-5,7H,6H2,1-3H3. The van der Waals surface area contributed by atoms with Crippen LogP contribution in [0.25, 0.3) is 0 Å². The Morgan fingerprint density at radius 3 is 2.50 bits per heavy atom. The summed E-state index contributed by atoms with van der Waals surface area (Å²) >= 11 is 0. The number of hydrogen-bond donors (Lipinski definition) is 0. The van der Waals surface area contributed by atoms with Gasteiger partial charge in [0.15, 0.2) is 0 Å². The molecule has 0 saturated carbocycles. The first-order valence-electron chi connectivity index (χ1n) is 4.99. The molecule has 6 heteroatoms. The van der Waals surface area contributed by atoms with Gasteiger partial charge < -0.3 is 4.90 Å². The zero-order chi connectivity index (χ0) is 11.5. The monoisotopic (exact) mass is 218 g/mol. The van der Waals surface area contributed by atoms with Gasteiger partial charge in [-0.2, -0.15) is 5.10 Å². The fraction of sp³-hybridized carbons (Fsp3) is 0.400. The number of rotatable bonds is 3. The van der Waals surface area contributed by atoms with Crippen molar-refractivity contribution in [3.8, 4) is 0 Å². The second kappa shape index (κ2) is 4.26. The molecule has 6 nitrogen and oxygen atoms in total. The summed E-state index contributed by atoms with van der Waals surface area (Å²) in [6.07, 6.45) is 5.14. The number of nitrogens with zero attached hydrogens (tertiary/aromatic N) is 6. The molecular formula is C10H14N6. The molecule has 0 saturated heterocycles. The summed E-state index contributed by atoms with van der Waals surface area (Å²) in [5.41, 5.74) is 1.05. The van der Waals surface area contributed by atoms with Crippen LogP contribution in [-0.2, 0) is 13.6 Å². The molecule has 0 aliphatic rings. The van der Waals surface area contributed by atoms with E-state index in [4.69, 9.17) is 0 Å². The van der Waals surface area contributed by atoms with Gasteiger partial charge >= 0.3 is 0 Å². The first kappa shape index (κ1) is 10.5. The molecule has 0 spiro atoms. The zero-order valence-corrected chi connectivity index (χ0v) is 9.62. The van der Waals surface area contributed by atoms with Crippen molar-refractivity contribution in [1.82, 2.24) is 24.7 Å². The molecular weight excluding hydrogens is 204 g/mol. The highest BCUT2D eigenvalue weighted by atomic mass is 15.3. The second-order valence-corrected chi connectivity index (χ2v) is 3.72. The topological polar surface area (TPSA) is 59.7 Å². The van der Waals surface area contributed by atoms with E-state index in [0.717, 1.165) is 11.4 Å². The van der Waals surface area contributed by atoms with Gasteiger partial charge in [0, 0.05) is 26.5 Å². The first-order valence-corrected chi connectivity index (χ1v) is 4.99. The van der Waals surface area contributed by atoms with Gasteiger partial charge in [-0.15, -0.1) is 0 Å². The minimum absolute atomic E-state index is 0.638. The molecule has 2 aromatic heterocycles. The van der Waals surface area contributed by atoms with E-state index >= 15 is 0 Å². The van der Waals surface area contributed by atoms with Crippen LogP contribution in [-0.4, -0.2) is 31.8 Å². The fourth-order valence-electron chi connectivity index (χ4n) is 1.33. The van der Waals surface area contributed by atoms with E-state index in [0.29, 0.717) is 12.5 Å². The van der Waals surface area contributed by atoms with Crippen LogP contribution in [0.5, 0.6) is 0 Å². The van der Waals surface area contributed by atoms with E-state index in [-0.39, 0.29) is 0 Å². The van der Waals surface area contributed by atoms with Gasteiger partial charge in [0.25, 0.3) is 0 Å². The highest BCUT2D eigenvalue weighted by Crippen LogP contribution is 2.07. The van der Waals surface area contributed by atoms with E-state index in [1.165, 1.54) is 0 Å². The van der Waals surface area contributed by atoms with Gasteiger partial charge in [-0.05, 0) is 12.5 Å². The largest absolute Gasteiger partial charge is 0.336 e. The SMILES string of the molecule is Cc1cnc(N(C)Cc2ncnn2C)nc1. The maximum Gasteiger partial charge on any atom is 0.225 e. The van der Waals surface area contributed by atoms with Gasteiger partial charge in [-0.1, -0.05) is 0 Å². The average Bonchev–Trinajstić information content (AvgIpc) is 2.65. The molecule has 0 fully saturated rings. The van der Waals surface area contributed by atoms with Crippen molar-refractivity contribution in [2.75, 3.05) is 11.9 Å². The number of aromatic nitrogens is 5. The molecule has 0 unspecified atom stereocenters. The third-order valence-electron chi connectivity index (χ3n) is 2.29. The highest BCUT2D eigenvalue weighted by molar-refractivity contribution is 5.28.